The Morgan fingerprint density at radius 3 is 1.15 bits per heavy atom. The van der Waals surface area contributed by atoms with Gasteiger partial charge in [0.1, 0.15) is 24.4 Å². The molecule has 11 heteroatoms. The van der Waals surface area contributed by atoms with E-state index in [0.29, 0.717) is 12.8 Å². The van der Waals surface area contributed by atoms with Crippen molar-refractivity contribution >= 4 is 11.9 Å². The van der Waals surface area contributed by atoms with Gasteiger partial charge in [0, 0.05) is 6.42 Å². The number of unbranched alkanes of at least 4 members (excludes halogenated alkanes) is 37. The van der Waals surface area contributed by atoms with Gasteiger partial charge in [-0.15, -0.1) is 0 Å². The molecule has 6 N–H and O–H groups in total. The van der Waals surface area contributed by atoms with Crippen LogP contribution in [0.5, 0.6) is 0 Å². The number of amides is 1. The molecular weight excluding hydrogens is 1130 g/mol. The molecule has 1 aliphatic heterocycles. The molecule has 91 heavy (non-hydrogen) atoms. The second-order valence-corrected chi connectivity index (χ2v) is 26.0. The van der Waals surface area contributed by atoms with E-state index in [4.69, 9.17) is 14.2 Å². The third-order valence-electron chi connectivity index (χ3n) is 17.5. The van der Waals surface area contributed by atoms with Crippen molar-refractivity contribution in [3.63, 3.8) is 0 Å². The number of carbonyl (C=O) groups is 2. The summed E-state index contributed by atoms with van der Waals surface area (Å²) in [6, 6.07) is -1.03. The SMILES string of the molecule is CCCCC/C=C\C/C=C\C/C=C\C/C=C\CCCCCCCCCCCCC(O)C(=O)NC(COC1OC(CO)C(O)C(O)C1OC(=O)CCCCCCCCCCCC/C=C\C/C=C\C/C=C\CCCCC)C(O)/C=C/CCCCCCCCCCCCC. The summed E-state index contributed by atoms with van der Waals surface area (Å²) in [7, 11) is 0. The monoisotopic (exact) mass is 1280 g/mol. The molecule has 0 aromatic rings. The van der Waals surface area contributed by atoms with Crippen LogP contribution in [0.2, 0.25) is 0 Å². The van der Waals surface area contributed by atoms with Crippen LogP contribution in [0.3, 0.4) is 0 Å². The molecule has 0 aromatic heterocycles. The number of hydrogen-bond donors (Lipinski definition) is 6. The molecule has 1 saturated heterocycles. The first-order chi connectivity index (χ1) is 44.7. The molecule has 1 fully saturated rings. The molecule has 0 aliphatic carbocycles. The van der Waals surface area contributed by atoms with E-state index in [-0.39, 0.29) is 19.4 Å². The summed E-state index contributed by atoms with van der Waals surface area (Å²) in [5.41, 5.74) is 0. The van der Waals surface area contributed by atoms with Crippen LogP contribution in [0, 0.1) is 0 Å². The van der Waals surface area contributed by atoms with Crippen LogP contribution in [0.25, 0.3) is 0 Å². The Balaban J connectivity index is 2.56. The lowest BCUT2D eigenvalue weighted by Crippen LogP contribution is -2.61. The molecule has 0 aromatic carbocycles. The van der Waals surface area contributed by atoms with E-state index in [9.17, 15) is 35.1 Å². The zero-order valence-corrected chi connectivity index (χ0v) is 58.7. The van der Waals surface area contributed by atoms with Gasteiger partial charge in [0.15, 0.2) is 12.4 Å². The number of nitrogens with one attached hydrogen (secondary N) is 1. The third-order valence-corrected chi connectivity index (χ3v) is 17.5. The Bertz CT molecular complexity index is 1860. The number of carbonyl (C=O) groups excluding carboxylic acids is 2. The lowest BCUT2D eigenvalue weighted by molar-refractivity contribution is -0.305. The van der Waals surface area contributed by atoms with E-state index >= 15 is 0 Å². The van der Waals surface area contributed by atoms with Gasteiger partial charge in [0.05, 0.1) is 25.4 Å². The molecule has 11 nitrogen and oxygen atoms in total. The zero-order valence-electron chi connectivity index (χ0n) is 58.7. The third kappa shape index (κ3) is 53.5. The van der Waals surface area contributed by atoms with Crippen molar-refractivity contribution < 1.29 is 49.3 Å². The Morgan fingerprint density at radius 1 is 0.429 bits per heavy atom. The minimum absolute atomic E-state index is 0.116. The highest BCUT2D eigenvalue weighted by molar-refractivity contribution is 5.80. The summed E-state index contributed by atoms with van der Waals surface area (Å²) in [4.78, 5) is 26.8. The Morgan fingerprint density at radius 2 is 0.758 bits per heavy atom. The van der Waals surface area contributed by atoms with Gasteiger partial charge in [0.2, 0.25) is 5.91 Å². The number of esters is 1. The minimum atomic E-state index is -1.62. The van der Waals surface area contributed by atoms with Gasteiger partial charge in [-0.2, -0.15) is 0 Å². The highest BCUT2D eigenvalue weighted by Gasteiger charge is 2.47. The van der Waals surface area contributed by atoms with Gasteiger partial charge in [-0.3, -0.25) is 9.59 Å². The van der Waals surface area contributed by atoms with Crippen molar-refractivity contribution in [3.8, 4) is 0 Å². The van der Waals surface area contributed by atoms with Gasteiger partial charge in [-0.1, -0.05) is 317 Å². The van der Waals surface area contributed by atoms with Crippen LogP contribution in [0.1, 0.15) is 335 Å². The molecule has 1 heterocycles. The predicted molar refractivity (Wildman–Crippen MR) is 384 cm³/mol. The fourth-order valence-corrected chi connectivity index (χ4v) is 11.5. The largest absolute Gasteiger partial charge is 0.454 e. The normalized spacial score (nSPS) is 18.5. The molecule has 1 rings (SSSR count). The average Bonchev–Trinajstić information content (AvgIpc) is 0.969. The molecule has 526 valence electrons. The first kappa shape index (κ1) is 85.6. The van der Waals surface area contributed by atoms with Crippen molar-refractivity contribution in [1.29, 1.82) is 0 Å². The molecule has 0 spiro atoms. The lowest BCUT2D eigenvalue weighted by atomic mass is 9.99. The van der Waals surface area contributed by atoms with Crippen LogP contribution in [0.15, 0.2) is 97.2 Å². The van der Waals surface area contributed by atoms with Crippen molar-refractivity contribution in [2.24, 2.45) is 0 Å². The number of aliphatic hydroxyl groups is 5. The maximum absolute atomic E-state index is 13.5. The van der Waals surface area contributed by atoms with Gasteiger partial charge < -0.3 is 45.1 Å². The van der Waals surface area contributed by atoms with Crippen molar-refractivity contribution in [1.82, 2.24) is 5.32 Å². The first-order valence-corrected chi connectivity index (χ1v) is 38.0. The van der Waals surface area contributed by atoms with E-state index in [1.807, 2.05) is 6.08 Å². The molecule has 0 radical (unpaired) electrons. The summed E-state index contributed by atoms with van der Waals surface area (Å²) in [5, 5.41) is 57.4. The molecule has 0 bridgehead atoms. The topological polar surface area (TPSA) is 175 Å². The number of aliphatic hydroxyl groups excluding tert-OH is 5. The number of allylic oxidation sites excluding steroid dienone is 15. The smallest absolute Gasteiger partial charge is 0.306 e. The van der Waals surface area contributed by atoms with Gasteiger partial charge in [-0.25, -0.2) is 0 Å². The standard InChI is InChI=1S/C80H141NO10/c1-4-7-10-13-16-19-22-25-27-29-31-33-35-36-37-39-40-42-44-46-49-52-55-58-61-64-67-73(84)79(88)81-71(72(83)66-63-60-57-54-51-48-24-21-18-15-12-9-6-3)70-89-80-78(77(87)76(86)74(69-82)90-80)91-75(85)68-65-62-59-56-53-50-47-45-43-41-38-34-32-30-28-26-23-20-17-14-11-8-5-2/h16-17,19-20,25-28,31-34,36-37,63,66,71-74,76-78,80,82-84,86-87H,4-15,18,21-24,29-30,35,38-62,64-65,67-70H2,1-3H3,(H,81,88)/b19-16-,20-17-,27-25-,28-26-,33-31-,34-32-,37-36-,66-63+. The molecule has 8 atom stereocenters. The first-order valence-electron chi connectivity index (χ1n) is 38.0. The van der Waals surface area contributed by atoms with Crippen molar-refractivity contribution in [2.75, 3.05) is 13.2 Å². The lowest BCUT2D eigenvalue weighted by Gasteiger charge is -2.41. The van der Waals surface area contributed by atoms with Crippen LogP contribution in [-0.4, -0.2) is 99.6 Å². The number of hydrogen-bond acceptors (Lipinski definition) is 10. The molecule has 1 amide bonds. The Kier molecular flexibility index (Phi) is 62.6. The van der Waals surface area contributed by atoms with E-state index in [1.165, 1.54) is 186 Å². The van der Waals surface area contributed by atoms with Crippen molar-refractivity contribution in [3.05, 3.63) is 97.2 Å². The van der Waals surface area contributed by atoms with Gasteiger partial charge >= 0.3 is 5.97 Å². The van der Waals surface area contributed by atoms with E-state index in [2.05, 4.69) is 111 Å². The Hall–Kier alpha value is -3.42. The van der Waals surface area contributed by atoms with Crippen LogP contribution >= 0.6 is 0 Å². The van der Waals surface area contributed by atoms with Gasteiger partial charge in [0.25, 0.3) is 0 Å². The van der Waals surface area contributed by atoms with Crippen LogP contribution in [0.4, 0.5) is 0 Å². The fraction of sp³-hybridized carbons (Fsp3) is 0.775. The van der Waals surface area contributed by atoms with Crippen LogP contribution in [-0.2, 0) is 23.8 Å². The average molecular weight is 1280 g/mol. The highest BCUT2D eigenvalue weighted by atomic mass is 16.7. The maximum atomic E-state index is 13.5. The fourth-order valence-electron chi connectivity index (χ4n) is 11.5. The van der Waals surface area contributed by atoms with E-state index in [0.717, 1.165) is 103 Å². The van der Waals surface area contributed by atoms with E-state index in [1.54, 1.807) is 6.08 Å². The predicted octanol–water partition coefficient (Wildman–Crippen LogP) is 20.2. The molecule has 0 saturated carbocycles. The summed E-state index contributed by atoms with van der Waals surface area (Å²) in [5.74, 6) is -1.20. The number of ether oxygens (including phenoxy) is 3. The molecule has 8 unspecified atom stereocenters. The molecule has 1 aliphatic rings. The summed E-state index contributed by atoms with van der Waals surface area (Å²) in [6.07, 6.45) is 80.1. The maximum Gasteiger partial charge on any atom is 0.306 e. The number of rotatable bonds is 65. The van der Waals surface area contributed by atoms with Gasteiger partial charge in [-0.05, 0) is 109 Å². The summed E-state index contributed by atoms with van der Waals surface area (Å²) >= 11 is 0. The highest BCUT2D eigenvalue weighted by Crippen LogP contribution is 2.26. The second-order valence-electron chi connectivity index (χ2n) is 26.0. The van der Waals surface area contributed by atoms with Crippen LogP contribution < -0.4 is 5.32 Å². The summed E-state index contributed by atoms with van der Waals surface area (Å²) < 4.78 is 17.7. The minimum Gasteiger partial charge on any atom is -0.454 e. The Labute approximate surface area is 558 Å². The second kappa shape index (κ2) is 66.6. The summed E-state index contributed by atoms with van der Waals surface area (Å²) in [6.45, 7) is 5.77. The van der Waals surface area contributed by atoms with Crippen molar-refractivity contribution in [2.45, 2.75) is 384 Å². The molecular formula is C80H141NO10. The van der Waals surface area contributed by atoms with E-state index < -0.39 is 67.4 Å². The zero-order chi connectivity index (χ0) is 66.0. The quantitative estimate of drug-likeness (QED) is 0.0195.